The van der Waals surface area contributed by atoms with Crippen molar-refractivity contribution in [1.82, 2.24) is 0 Å². The number of hydrogen-bond acceptors (Lipinski definition) is 3. The molecule has 0 amide bonds. The predicted molar refractivity (Wildman–Crippen MR) is 61.1 cm³/mol. The van der Waals surface area contributed by atoms with Gasteiger partial charge in [0, 0.05) is 0 Å². The van der Waals surface area contributed by atoms with Crippen LogP contribution in [0.3, 0.4) is 0 Å². The van der Waals surface area contributed by atoms with E-state index in [2.05, 4.69) is 0 Å². The molecule has 0 spiro atoms. The summed E-state index contributed by atoms with van der Waals surface area (Å²) < 4.78 is 32.4. The number of hydrogen-bond donors (Lipinski definition) is 0. The van der Waals surface area contributed by atoms with Gasteiger partial charge in [-0.3, -0.25) is 0 Å². The Morgan fingerprint density at radius 2 is 1.72 bits per heavy atom. The first-order valence-electron chi connectivity index (χ1n) is 5.07. The highest BCUT2D eigenvalue weighted by atomic mass is 35.5. The summed E-state index contributed by atoms with van der Waals surface area (Å²) in [4.78, 5) is 0. The molecule has 0 aromatic heterocycles. The van der Waals surface area contributed by atoms with E-state index in [9.17, 15) is 8.78 Å². The molecule has 0 N–H and O–H groups in total. The zero-order chi connectivity index (χ0) is 13.9. The van der Waals surface area contributed by atoms with Crippen LogP contribution in [0.4, 0.5) is 8.78 Å². The zero-order valence-corrected chi connectivity index (χ0v) is 10.5. The molecule has 1 aromatic rings. The van der Waals surface area contributed by atoms with Crippen LogP contribution in [0.2, 0.25) is 5.02 Å². The standard InChI is InChI=1S/C12H9ClF2N2O/c1-6(2)5-18-12-8(4-17)10(14)7(3-16)11(15)9(12)13/h6H,5H2,1-2H3. The smallest absolute Gasteiger partial charge is 0.166 e. The Balaban J connectivity index is 3.44. The number of ether oxygens (including phenoxy) is 1. The number of halogens is 3. The molecule has 0 aliphatic heterocycles. The highest BCUT2D eigenvalue weighted by Gasteiger charge is 2.25. The van der Waals surface area contributed by atoms with Crippen molar-refractivity contribution in [3.63, 3.8) is 0 Å². The Morgan fingerprint density at radius 1 is 1.17 bits per heavy atom. The van der Waals surface area contributed by atoms with Crippen LogP contribution < -0.4 is 4.74 Å². The van der Waals surface area contributed by atoms with E-state index in [0.717, 1.165) is 0 Å². The monoisotopic (exact) mass is 270 g/mol. The number of nitriles is 2. The molecule has 18 heavy (non-hydrogen) atoms. The van der Waals surface area contributed by atoms with Gasteiger partial charge in [-0.05, 0) is 5.92 Å². The second-order valence-electron chi connectivity index (χ2n) is 3.95. The summed E-state index contributed by atoms with van der Waals surface area (Å²) in [5.41, 5.74) is -1.44. The minimum atomic E-state index is -1.25. The minimum Gasteiger partial charge on any atom is -0.490 e. The largest absolute Gasteiger partial charge is 0.490 e. The van der Waals surface area contributed by atoms with Gasteiger partial charge in [-0.1, -0.05) is 25.4 Å². The molecule has 0 unspecified atom stereocenters. The molecule has 0 saturated carbocycles. The zero-order valence-electron chi connectivity index (χ0n) is 9.72. The number of benzene rings is 1. The van der Waals surface area contributed by atoms with Crippen molar-refractivity contribution in [1.29, 1.82) is 10.5 Å². The molecule has 0 saturated heterocycles. The summed E-state index contributed by atoms with van der Waals surface area (Å²) in [6, 6.07) is 2.86. The van der Waals surface area contributed by atoms with Crippen molar-refractivity contribution in [3.05, 3.63) is 27.8 Å². The van der Waals surface area contributed by atoms with Crippen molar-refractivity contribution < 1.29 is 13.5 Å². The van der Waals surface area contributed by atoms with E-state index >= 15 is 0 Å². The van der Waals surface area contributed by atoms with Crippen LogP contribution in [0, 0.1) is 40.2 Å². The molecule has 0 radical (unpaired) electrons. The molecule has 0 heterocycles. The molecule has 0 aliphatic rings. The van der Waals surface area contributed by atoms with Crippen LogP contribution in [-0.4, -0.2) is 6.61 Å². The molecule has 3 nitrogen and oxygen atoms in total. The second-order valence-corrected chi connectivity index (χ2v) is 4.33. The SMILES string of the molecule is CC(C)COc1c(Cl)c(F)c(C#N)c(F)c1C#N. The highest BCUT2D eigenvalue weighted by molar-refractivity contribution is 6.32. The summed E-state index contributed by atoms with van der Waals surface area (Å²) in [6.07, 6.45) is 0. The Bertz CT molecular complexity index is 559. The third kappa shape index (κ3) is 2.52. The lowest BCUT2D eigenvalue weighted by atomic mass is 10.1. The second kappa shape index (κ2) is 5.66. The van der Waals surface area contributed by atoms with E-state index in [0.29, 0.717) is 0 Å². The van der Waals surface area contributed by atoms with E-state index in [1.807, 2.05) is 13.8 Å². The van der Waals surface area contributed by atoms with Gasteiger partial charge in [-0.25, -0.2) is 8.78 Å². The van der Waals surface area contributed by atoms with E-state index in [4.69, 9.17) is 26.9 Å². The third-order valence-corrected chi connectivity index (χ3v) is 2.40. The van der Waals surface area contributed by atoms with Crippen molar-refractivity contribution in [3.8, 4) is 17.9 Å². The molecule has 0 aliphatic carbocycles. The molecule has 6 heteroatoms. The van der Waals surface area contributed by atoms with Gasteiger partial charge in [0.15, 0.2) is 17.4 Å². The lowest BCUT2D eigenvalue weighted by Gasteiger charge is -2.13. The maximum atomic E-state index is 13.7. The fourth-order valence-electron chi connectivity index (χ4n) is 1.22. The molecule has 1 aromatic carbocycles. The van der Waals surface area contributed by atoms with Crippen molar-refractivity contribution in [2.24, 2.45) is 5.92 Å². The first-order chi connectivity index (χ1) is 8.43. The fraction of sp³-hybridized carbons (Fsp3) is 0.333. The first kappa shape index (κ1) is 14.2. The molecule has 1 rings (SSSR count). The van der Waals surface area contributed by atoms with E-state index < -0.39 is 27.8 Å². The lowest BCUT2D eigenvalue weighted by Crippen LogP contribution is -2.09. The Kier molecular flexibility index (Phi) is 4.47. The van der Waals surface area contributed by atoms with Gasteiger partial charge in [0.05, 0.1) is 6.61 Å². The van der Waals surface area contributed by atoms with Gasteiger partial charge >= 0.3 is 0 Å². The van der Waals surface area contributed by atoms with Gasteiger partial charge < -0.3 is 4.74 Å². The summed E-state index contributed by atoms with van der Waals surface area (Å²) in [5.74, 6) is -2.73. The minimum absolute atomic E-state index is 0.0920. The van der Waals surface area contributed by atoms with Crippen molar-refractivity contribution >= 4 is 11.6 Å². The summed E-state index contributed by atoms with van der Waals surface area (Å²) in [5, 5.41) is 16.9. The Hall–Kier alpha value is -1.85. The van der Waals surface area contributed by atoms with Crippen LogP contribution in [0.5, 0.6) is 5.75 Å². The van der Waals surface area contributed by atoms with Gasteiger partial charge in [0.25, 0.3) is 0 Å². The van der Waals surface area contributed by atoms with Crippen molar-refractivity contribution in [2.45, 2.75) is 13.8 Å². The normalized spacial score (nSPS) is 10.0. The highest BCUT2D eigenvalue weighted by Crippen LogP contribution is 2.35. The van der Waals surface area contributed by atoms with Gasteiger partial charge in [-0.15, -0.1) is 0 Å². The Morgan fingerprint density at radius 3 is 2.17 bits per heavy atom. The van der Waals surface area contributed by atoms with Gasteiger partial charge in [-0.2, -0.15) is 10.5 Å². The van der Waals surface area contributed by atoms with Crippen LogP contribution in [0.1, 0.15) is 25.0 Å². The molecule has 0 fully saturated rings. The van der Waals surface area contributed by atoms with Gasteiger partial charge in [0.2, 0.25) is 0 Å². The maximum absolute atomic E-state index is 13.7. The van der Waals surface area contributed by atoms with Gasteiger partial charge in [0.1, 0.15) is 28.3 Å². The summed E-state index contributed by atoms with van der Waals surface area (Å²) >= 11 is 5.65. The van der Waals surface area contributed by atoms with Crippen LogP contribution in [0.25, 0.3) is 0 Å². The van der Waals surface area contributed by atoms with E-state index in [-0.39, 0.29) is 18.3 Å². The van der Waals surface area contributed by atoms with Crippen LogP contribution in [-0.2, 0) is 0 Å². The summed E-state index contributed by atoms with van der Waals surface area (Å²) in [6.45, 7) is 3.81. The molecular weight excluding hydrogens is 262 g/mol. The molecule has 0 atom stereocenters. The predicted octanol–water partition coefficient (Wildman–Crippen LogP) is 3.40. The summed E-state index contributed by atoms with van der Waals surface area (Å²) in [7, 11) is 0. The van der Waals surface area contributed by atoms with Crippen molar-refractivity contribution in [2.75, 3.05) is 6.61 Å². The average molecular weight is 271 g/mol. The molecule has 94 valence electrons. The quantitative estimate of drug-likeness (QED) is 0.791. The third-order valence-electron chi connectivity index (χ3n) is 2.06. The van der Waals surface area contributed by atoms with E-state index in [1.165, 1.54) is 12.1 Å². The fourth-order valence-corrected chi connectivity index (χ4v) is 1.47. The maximum Gasteiger partial charge on any atom is 0.166 e. The number of nitrogens with zero attached hydrogens (tertiary/aromatic N) is 2. The topological polar surface area (TPSA) is 56.8 Å². The first-order valence-corrected chi connectivity index (χ1v) is 5.45. The number of rotatable bonds is 3. The Labute approximate surface area is 108 Å². The van der Waals surface area contributed by atoms with Crippen LogP contribution >= 0.6 is 11.6 Å². The van der Waals surface area contributed by atoms with E-state index in [1.54, 1.807) is 0 Å². The lowest BCUT2D eigenvalue weighted by molar-refractivity contribution is 0.268. The molecular formula is C12H9ClF2N2O. The van der Waals surface area contributed by atoms with Crippen LogP contribution in [0.15, 0.2) is 0 Å². The molecule has 0 bridgehead atoms. The average Bonchev–Trinajstić information content (AvgIpc) is 2.32.